The lowest BCUT2D eigenvalue weighted by molar-refractivity contribution is -0.137. The van der Waals surface area contributed by atoms with Crippen LogP contribution >= 0.6 is 0 Å². The Labute approximate surface area is 104 Å². The lowest BCUT2D eigenvalue weighted by Gasteiger charge is -2.22. The van der Waals surface area contributed by atoms with E-state index in [-0.39, 0.29) is 5.92 Å². The second kappa shape index (κ2) is 5.28. The predicted octanol–water partition coefficient (Wildman–Crippen LogP) is 2.36. The van der Waals surface area contributed by atoms with Gasteiger partial charge in [-0.05, 0) is 49.7 Å². The van der Waals surface area contributed by atoms with Crippen LogP contribution in [0.1, 0.15) is 23.5 Å². The normalized spacial score (nSPS) is 22.1. The van der Waals surface area contributed by atoms with E-state index in [1.807, 2.05) is 0 Å². The molecule has 2 nitrogen and oxygen atoms in total. The van der Waals surface area contributed by atoms with Gasteiger partial charge in [0.25, 0.3) is 0 Å². The zero-order valence-corrected chi connectivity index (χ0v) is 10.0. The van der Waals surface area contributed by atoms with Crippen LogP contribution in [0.25, 0.3) is 0 Å². The number of nitrogens with one attached hydrogen (secondary N) is 1. The van der Waals surface area contributed by atoms with Crippen LogP contribution in [0.15, 0.2) is 24.3 Å². The Morgan fingerprint density at radius 2 is 1.94 bits per heavy atom. The van der Waals surface area contributed by atoms with E-state index in [4.69, 9.17) is 5.73 Å². The first-order chi connectivity index (χ1) is 8.52. The highest BCUT2D eigenvalue weighted by Gasteiger charge is 2.31. The van der Waals surface area contributed by atoms with Gasteiger partial charge in [0.2, 0.25) is 0 Å². The topological polar surface area (TPSA) is 38.0 Å². The van der Waals surface area contributed by atoms with Crippen LogP contribution in [-0.4, -0.2) is 19.6 Å². The first-order valence-electron chi connectivity index (χ1n) is 6.10. The molecule has 0 aromatic heterocycles. The van der Waals surface area contributed by atoms with Gasteiger partial charge in [-0.3, -0.25) is 0 Å². The number of hydrogen-bond donors (Lipinski definition) is 2. The Hall–Kier alpha value is -1.07. The fourth-order valence-corrected chi connectivity index (χ4v) is 2.54. The molecule has 2 rings (SSSR count). The van der Waals surface area contributed by atoms with Crippen LogP contribution in [0.4, 0.5) is 13.2 Å². The van der Waals surface area contributed by atoms with Crippen molar-refractivity contribution in [1.29, 1.82) is 0 Å². The Kier molecular flexibility index (Phi) is 3.92. The molecule has 0 aliphatic carbocycles. The molecule has 0 bridgehead atoms. The molecule has 0 radical (unpaired) electrons. The summed E-state index contributed by atoms with van der Waals surface area (Å²) in [5.41, 5.74) is 6.06. The molecular formula is C13H17F3N2. The van der Waals surface area contributed by atoms with Crippen LogP contribution < -0.4 is 11.1 Å². The standard InChI is InChI=1S/C13H17F3N2/c14-13(15,16)11-3-1-9(2-4-11)12(7-17)10-5-6-18-8-10/h1-4,10,12,18H,5-8,17H2. The summed E-state index contributed by atoms with van der Waals surface area (Å²) in [6, 6.07) is 5.39. The summed E-state index contributed by atoms with van der Waals surface area (Å²) in [5.74, 6) is 0.564. The van der Waals surface area contributed by atoms with E-state index in [0.717, 1.165) is 37.2 Å². The molecule has 1 saturated heterocycles. The maximum absolute atomic E-state index is 12.5. The first kappa shape index (κ1) is 13.4. The molecular weight excluding hydrogens is 241 g/mol. The summed E-state index contributed by atoms with van der Waals surface area (Å²) in [6.45, 7) is 2.32. The number of halogens is 3. The largest absolute Gasteiger partial charge is 0.416 e. The molecule has 0 spiro atoms. The summed E-state index contributed by atoms with van der Waals surface area (Å²) in [7, 11) is 0. The van der Waals surface area contributed by atoms with Gasteiger partial charge in [-0.2, -0.15) is 13.2 Å². The average Bonchev–Trinajstić information content (AvgIpc) is 2.83. The highest BCUT2D eigenvalue weighted by Crippen LogP contribution is 2.32. The van der Waals surface area contributed by atoms with Crippen molar-refractivity contribution in [2.24, 2.45) is 11.7 Å². The van der Waals surface area contributed by atoms with E-state index in [2.05, 4.69) is 5.32 Å². The molecule has 1 aromatic carbocycles. The molecule has 2 atom stereocenters. The minimum atomic E-state index is -4.27. The zero-order valence-electron chi connectivity index (χ0n) is 10.0. The summed E-state index contributed by atoms with van der Waals surface area (Å²) in [4.78, 5) is 0. The third kappa shape index (κ3) is 2.84. The molecule has 1 aliphatic heterocycles. The molecule has 5 heteroatoms. The van der Waals surface area contributed by atoms with Gasteiger partial charge < -0.3 is 11.1 Å². The molecule has 0 amide bonds. The summed E-state index contributed by atoms with van der Waals surface area (Å²) < 4.78 is 37.4. The van der Waals surface area contributed by atoms with Crippen molar-refractivity contribution in [2.45, 2.75) is 18.5 Å². The molecule has 1 heterocycles. The predicted molar refractivity (Wildman–Crippen MR) is 64.2 cm³/mol. The molecule has 1 aliphatic rings. The van der Waals surface area contributed by atoms with Crippen molar-refractivity contribution in [3.63, 3.8) is 0 Å². The van der Waals surface area contributed by atoms with E-state index in [9.17, 15) is 13.2 Å². The van der Waals surface area contributed by atoms with Crippen LogP contribution in [0.5, 0.6) is 0 Å². The minimum absolute atomic E-state index is 0.141. The number of alkyl halides is 3. The van der Waals surface area contributed by atoms with Gasteiger partial charge in [0.1, 0.15) is 0 Å². The second-order valence-electron chi connectivity index (χ2n) is 4.71. The monoisotopic (exact) mass is 258 g/mol. The van der Waals surface area contributed by atoms with Crippen molar-refractivity contribution in [3.8, 4) is 0 Å². The van der Waals surface area contributed by atoms with Gasteiger partial charge in [0.15, 0.2) is 0 Å². The van der Waals surface area contributed by atoms with E-state index >= 15 is 0 Å². The van der Waals surface area contributed by atoms with Crippen molar-refractivity contribution in [3.05, 3.63) is 35.4 Å². The smallest absolute Gasteiger partial charge is 0.330 e. The number of nitrogens with two attached hydrogens (primary N) is 1. The fourth-order valence-electron chi connectivity index (χ4n) is 2.54. The highest BCUT2D eigenvalue weighted by molar-refractivity contribution is 5.28. The summed E-state index contributed by atoms with van der Waals surface area (Å²) in [6.07, 6.45) is -3.24. The van der Waals surface area contributed by atoms with Crippen molar-refractivity contribution in [2.75, 3.05) is 19.6 Å². The third-order valence-electron chi connectivity index (χ3n) is 3.59. The quantitative estimate of drug-likeness (QED) is 0.873. The van der Waals surface area contributed by atoms with Gasteiger partial charge in [0.05, 0.1) is 5.56 Å². The minimum Gasteiger partial charge on any atom is -0.330 e. The van der Waals surface area contributed by atoms with Gasteiger partial charge >= 0.3 is 6.18 Å². The zero-order chi connectivity index (χ0) is 13.2. The van der Waals surface area contributed by atoms with Crippen LogP contribution in [-0.2, 0) is 6.18 Å². The Bertz CT molecular complexity index is 380. The van der Waals surface area contributed by atoms with Crippen LogP contribution in [0.2, 0.25) is 0 Å². The van der Waals surface area contributed by atoms with E-state index in [1.54, 1.807) is 12.1 Å². The van der Waals surface area contributed by atoms with E-state index in [0.29, 0.717) is 12.5 Å². The van der Waals surface area contributed by atoms with Gasteiger partial charge in [-0.25, -0.2) is 0 Å². The number of hydrogen-bond acceptors (Lipinski definition) is 2. The molecule has 1 fully saturated rings. The highest BCUT2D eigenvalue weighted by atomic mass is 19.4. The van der Waals surface area contributed by atoms with Crippen LogP contribution in [0, 0.1) is 5.92 Å². The van der Waals surface area contributed by atoms with Crippen LogP contribution in [0.3, 0.4) is 0 Å². The molecule has 1 aromatic rings. The van der Waals surface area contributed by atoms with Crippen molar-refractivity contribution in [1.82, 2.24) is 5.32 Å². The number of benzene rings is 1. The van der Waals surface area contributed by atoms with E-state index in [1.165, 1.54) is 0 Å². The summed E-state index contributed by atoms with van der Waals surface area (Å²) >= 11 is 0. The number of rotatable bonds is 3. The molecule has 0 saturated carbocycles. The summed E-state index contributed by atoms with van der Waals surface area (Å²) in [5, 5.41) is 3.26. The van der Waals surface area contributed by atoms with Gasteiger partial charge in [-0.1, -0.05) is 12.1 Å². The maximum atomic E-state index is 12.5. The SMILES string of the molecule is NCC(c1ccc(C(F)(F)F)cc1)C1CCNC1. The molecule has 3 N–H and O–H groups in total. The average molecular weight is 258 g/mol. The maximum Gasteiger partial charge on any atom is 0.416 e. The third-order valence-corrected chi connectivity index (χ3v) is 3.59. The lowest BCUT2D eigenvalue weighted by atomic mass is 9.85. The molecule has 2 unspecified atom stereocenters. The lowest BCUT2D eigenvalue weighted by Crippen LogP contribution is -2.23. The Balaban J connectivity index is 2.16. The Morgan fingerprint density at radius 1 is 1.28 bits per heavy atom. The molecule has 100 valence electrons. The van der Waals surface area contributed by atoms with Crippen molar-refractivity contribution >= 4 is 0 Å². The van der Waals surface area contributed by atoms with Crippen molar-refractivity contribution < 1.29 is 13.2 Å². The molecule has 18 heavy (non-hydrogen) atoms. The second-order valence-corrected chi connectivity index (χ2v) is 4.71. The fraction of sp³-hybridized carbons (Fsp3) is 0.538. The van der Waals surface area contributed by atoms with Gasteiger partial charge in [0, 0.05) is 5.92 Å². The van der Waals surface area contributed by atoms with Gasteiger partial charge in [-0.15, -0.1) is 0 Å². The first-order valence-corrected chi connectivity index (χ1v) is 6.10. The Morgan fingerprint density at radius 3 is 2.39 bits per heavy atom. The van der Waals surface area contributed by atoms with E-state index < -0.39 is 11.7 Å².